The van der Waals surface area contributed by atoms with E-state index in [1.807, 2.05) is 13.8 Å². The van der Waals surface area contributed by atoms with Crippen molar-refractivity contribution in [1.29, 1.82) is 0 Å². The summed E-state index contributed by atoms with van der Waals surface area (Å²) >= 11 is 13.6. The van der Waals surface area contributed by atoms with Crippen molar-refractivity contribution in [3.05, 3.63) is 68.6 Å². The van der Waals surface area contributed by atoms with Crippen molar-refractivity contribution in [2.24, 2.45) is 0 Å². The number of thiazole rings is 1. The second-order valence-corrected chi connectivity index (χ2v) is 9.12. The second kappa shape index (κ2) is 10.3. The predicted octanol–water partition coefficient (Wildman–Crippen LogP) is 6.23. The molecule has 168 valence electrons. The van der Waals surface area contributed by atoms with Gasteiger partial charge in [0.05, 0.1) is 23.4 Å². The Balaban J connectivity index is 2.12. The van der Waals surface area contributed by atoms with E-state index in [4.69, 9.17) is 27.9 Å². The number of nitrogens with zero attached hydrogens (tertiary/aromatic N) is 3. The van der Waals surface area contributed by atoms with Crippen LogP contribution in [-0.4, -0.2) is 42.4 Å². The molecule has 1 heterocycles. The molecule has 3 aromatic rings. The smallest absolute Gasteiger partial charge is 0.273 e. The molecule has 0 radical (unpaired) electrons. The zero-order valence-corrected chi connectivity index (χ0v) is 20.5. The van der Waals surface area contributed by atoms with E-state index in [-0.39, 0.29) is 16.5 Å². The van der Waals surface area contributed by atoms with Gasteiger partial charge in [0.25, 0.3) is 11.8 Å². The van der Waals surface area contributed by atoms with Gasteiger partial charge in [-0.3, -0.25) is 14.5 Å². The van der Waals surface area contributed by atoms with E-state index in [9.17, 15) is 9.59 Å². The summed E-state index contributed by atoms with van der Waals surface area (Å²) in [6.45, 7) is 4.43. The number of carbonyl (C=O) groups excluding carboxylic acids is 2. The fourth-order valence-corrected chi connectivity index (χ4v) is 4.55. The summed E-state index contributed by atoms with van der Waals surface area (Å²) < 4.78 is 5.33. The monoisotopic (exact) mass is 491 g/mol. The number of methoxy groups -OCH3 is 1. The van der Waals surface area contributed by atoms with Gasteiger partial charge >= 0.3 is 0 Å². The number of hydrogen-bond donors (Lipinski definition) is 0. The molecule has 6 nitrogen and oxygen atoms in total. The highest BCUT2D eigenvalue weighted by Crippen LogP contribution is 2.36. The van der Waals surface area contributed by atoms with Gasteiger partial charge in [0, 0.05) is 29.6 Å². The molecule has 32 heavy (non-hydrogen) atoms. The molecule has 2 amide bonds. The van der Waals surface area contributed by atoms with Gasteiger partial charge < -0.3 is 9.64 Å². The van der Waals surface area contributed by atoms with Crippen LogP contribution in [0.4, 0.5) is 10.8 Å². The number of aromatic nitrogens is 1. The van der Waals surface area contributed by atoms with E-state index in [1.54, 1.807) is 55.5 Å². The van der Waals surface area contributed by atoms with E-state index in [2.05, 4.69) is 4.98 Å². The number of carbonyl (C=O) groups is 2. The van der Waals surface area contributed by atoms with Crippen molar-refractivity contribution >= 4 is 57.2 Å². The first-order valence-corrected chi connectivity index (χ1v) is 11.5. The number of hydrogen-bond acceptors (Lipinski definition) is 5. The van der Waals surface area contributed by atoms with Crippen molar-refractivity contribution in [1.82, 2.24) is 9.88 Å². The average molecular weight is 492 g/mol. The summed E-state index contributed by atoms with van der Waals surface area (Å²) in [5, 5.41) is 1.01. The molecular formula is C23H23Cl2N3O3S. The number of rotatable bonds is 7. The Morgan fingerprint density at radius 2 is 1.88 bits per heavy atom. The molecule has 0 spiro atoms. The van der Waals surface area contributed by atoms with Gasteiger partial charge in [-0.05, 0) is 43.7 Å². The fourth-order valence-electron chi connectivity index (χ4n) is 3.14. The Labute approximate surface area is 201 Å². The lowest BCUT2D eigenvalue weighted by Crippen LogP contribution is -2.29. The number of aryl methyl sites for hydroxylation is 1. The Morgan fingerprint density at radius 1 is 1.12 bits per heavy atom. The topological polar surface area (TPSA) is 62.7 Å². The number of anilines is 2. The maximum absolute atomic E-state index is 13.6. The van der Waals surface area contributed by atoms with Crippen molar-refractivity contribution in [2.45, 2.75) is 20.3 Å². The molecule has 0 bridgehead atoms. The third kappa shape index (κ3) is 5.06. The molecule has 0 fully saturated rings. The summed E-state index contributed by atoms with van der Waals surface area (Å²) in [7, 11) is 3.29. The van der Waals surface area contributed by atoms with Gasteiger partial charge in [-0.1, -0.05) is 36.2 Å². The maximum atomic E-state index is 13.6. The van der Waals surface area contributed by atoms with Crippen LogP contribution in [0.5, 0.6) is 5.75 Å². The third-order valence-corrected chi connectivity index (χ3v) is 6.26. The molecule has 0 saturated heterocycles. The minimum Gasteiger partial charge on any atom is -0.497 e. The molecule has 0 saturated carbocycles. The van der Waals surface area contributed by atoms with E-state index in [0.29, 0.717) is 33.8 Å². The summed E-state index contributed by atoms with van der Waals surface area (Å²) in [4.78, 5) is 34.8. The largest absolute Gasteiger partial charge is 0.497 e. The lowest BCUT2D eigenvalue weighted by Gasteiger charge is -2.21. The van der Waals surface area contributed by atoms with E-state index in [1.165, 1.54) is 22.3 Å². The Hall–Kier alpha value is -2.61. The third-order valence-electron chi connectivity index (χ3n) is 4.76. The first-order chi connectivity index (χ1) is 15.3. The SMILES string of the molecule is CCCN(C)C(=O)c1nc(N(C(=O)c2ccc(Cl)cc2Cl)c2cccc(OC)c2)sc1C. The average Bonchev–Trinajstić information content (AvgIpc) is 3.14. The number of benzene rings is 2. The van der Waals surface area contributed by atoms with Gasteiger partial charge in [0.15, 0.2) is 5.13 Å². The lowest BCUT2D eigenvalue weighted by molar-refractivity contribution is 0.0789. The van der Waals surface area contributed by atoms with E-state index >= 15 is 0 Å². The van der Waals surface area contributed by atoms with Gasteiger partial charge in [0.1, 0.15) is 11.4 Å². The van der Waals surface area contributed by atoms with Crippen LogP contribution in [0.2, 0.25) is 10.0 Å². The Bertz CT molecular complexity index is 1150. The number of amides is 2. The normalized spacial score (nSPS) is 10.7. The van der Waals surface area contributed by atoms with Crippen LogP contribution in [-0.2, 0) is 0 Å². The number of halogens is 2. The predicted molar refractivity (Wildman–Crippen MR) is 130 cm³/mol. The van der Waals surface area contributed by atoms with E-state index < -0.39 is 5.91 Å². The molecule has 0 aliphatic carbocycles. The molecule has 0 aliphatic heterocycles. The van der Waals surface area contributed by atoms with Crippen LogP contribution in [0.3, 0.4) is 0 Å². The molecule has 1 aromatic heterocycles. The van der Waals surface area contributed by atoms with Crippen LogP contribution in [0.1, 0.15) is 39.1 Å². The van der Waals surface area contributed by atoms with Crippen molar-refractivity contribution in [3.63, 3.8) is 0 Å². The highest BCUT2D eigenvalue weighted by atomic mass is 35.5. The first kappa shape index (κ1) is 24.0. The van der Waals surface area contributed by atoms with Crippen LogP contribution in [0, 0.1) is 6.92 Å². The summed E-state index contributed by atoms with van der Waals surface area (Å²) in [5.41, 5.74) is 1.13. The Morgan fingerprint density at radius 3 is 2.53 bits per heavy atom. The molecule has 9 heteroatoms. The molecule has 0 aliphatic rings. The van der Waals surface area contributed by atoms with Gasteiger partial charge in [-0.25, -0.2) is 4.98 Å². The summed E-state index contributed by atoms with van der Waals surface area (Å²) in [6, 6.07) is 11.7. The highest BCUT2D eigenvalue weighted by molar-refractivity contribution is 7.16. The second-order valence-electron chi connectivity index (χ2n) is 7.09. The van der Waals surface area contributed by atoms with Crippen LogP contribution in [0.15, 0.2) is 42.5 Å². The van der Waals surface area contributed by atoms with E-state index in [0.717, 1.165) is 11.3 Å². The highest BCUT2D eigenvalue weighted by Gasteiger charge is 2.28. The van der Waals surface area contributed by atoms with Crippen molar-refractivity contribution < 1.29 is 14.3 Å². The quantitative estimate of drug-likeness (QED) is 0.393. The van der Waals surface area contributed by atoms with Gasteiger partial charge in [-0.2, -0.15) is 0 Å². The standard InChI is InChI=1S/C23H23Cl2N3O3S/c1-5-11-27(3)22(30)20-14(2)32-23(26-20)28(16-7-6-8-17(13-16)31-4)21(29)18-10-9-15(24)12-19(18)25/h6-10,12-13H,5,11H2,1-4H3. The van der Waals surface area contributed by atoms with Crippen molar-refractivity contribution in [3.8, 4) is 5.75 Å². The Kier molecular flexibility index (Phi) is 7.77. The molecule has 0 atom stereocenters. The van der Waals surface area contributed by atoms with Crippen LogP contribution >= 0.6 is 34.5 Å². The zero-order chi connectivity index (χ0) is 23.4. The molecular weight excluding hydrogens is 469 g/mol. The lowest BCUT2D eigenvalue weighted by atomic mass is 10.2. The minimum absolute atomic E-state index is 0.186. The zero-order valence-electron chi connectivity index (χ0n) is 18.2. The van der Waals surface area contributed by atoms with Crippen molar-refractivity contribution in [2.75, 3.05) is 25.6 Å². The molecule has 3 rings (SSSR count). The first-order valence-electron chi connectivity index (χ1n) is 9.93. The molecule has 0 unspecified atom stereocenters. The maximum Gasteiger partial charge on any atom is 0.273 e. The molecule has 0 N–H and O–H groups in total. The van der Waals surface area contributed by atoms with Crippen LogP contribution < -0.4 is 9.64 Å². The summed E-state index contributed by atoms with van der Waals surface area (Å²) in [5.74, 6) is -0.00115. The summed E-state index contributed by atoms with van der Waals surface area (Å²) in [6.07, 6.45) is 0.835. The minimum atomic E-state index is -0.394. The fraction of sp³-hybridized carbons (Fsp3) is 0.261. The van der Waals surface area contributed by atoms with Crippen LogP contribution in [0.25, 0.3) is 0 Å². The van der Waals surface area contributed by atoms with Gasteiger partial charge in [-0.15, -0.1) is 11.3 Å². The van der Waals surface area contributed by atoms with Gasteiger partial charge in [0.2, 0.25) is 0 Å². The molecule has 2 aromatic carbocycles. The number of ether oxygens (including phenoxy) is 1.